The molecule has 3 aromatic heterocycles. The average Bonchev–Trinajstić information content (AvgIpc) is 3.60. The summed E-state index contributed by atoms with van der Waals surface area (Å²) in [5.74, 6) is -0.139. The minimum Gasteiger partial charge on any atom is -0.481 e. The van der Waals surface area contributed by atoms with E-state index in [9.17, 15) is 20.2 Å². The summed E-state index contributed by atoms with van der Waals surface area (Å²) in [7, 11) is 0. The summed E-state index contributed by atoms with van der Waals surface area (Å²) >= 11 is 1.29. The molecule has 0 spiro atoms. The number of nitrogens with zero attached hydrogens (tertiary/aromatic N) is 5. The summed E-state index contributed by atoms with van der Waals surface area (Å²) in [5, 5.41) is 29.2. The highest BCUT2D eigenvalue weighted by atomic mass is 32.1. The number of carbonyl (C=O) groups excluding carboxylic acids is 1. The molecule has 1 aromatic carbocycles. The van der Waals surface area contributed by atoms with E-state index in [1.165, 1.54) is 42.1 Å². The highest BCUT2D eigenvalue weighted by Gasteiger charge is 2.25. The molecule has 2 N–H and O–H groups in total. The third-order valence-corrected chi connectivity index (χ3v) is 6.21. The molecule has 1 aliphatic rings. The molecule has 180 valence electrons. The van der Waals surface area contributed by atoms with Crippen molar-refractivity contribution in [3.8, 4) is 11.8 Å². The maximum absolute atomic E-state index is 12.2. The fraction of sp³-hybridized carbons (Fsp3) is 0.174. The van der Waals surface area contributed by atoms with Crippen LogP contribution in [0.25, 0.3) is 10.9 Å². The molecule has 1 amide bonds. The zero-order valence-electron chi connectivity index (χ0n) is 18.5. The Labute approximate surface area is 207 Å². The van der Waals surface area contributed by atoms with Gasteiger partial charge in [-0.2, -0.15) is 5.26 Å². The van der Waals surface area contributed by atoms with E-state index < -0.39 is 4.92 Å². The van der Waals surface area contributed by atoms with Crippen molar-refractivity contribution < 1.29 is 19.2 Å². The lowest BCUT2D eigenvalue weighted by molar-refractivity contribution is -0.385. The molecule has 0 radical (unpaired) electrons. The number of hydrogen-bond acceptors (Lipinski definition) is 11. The molecule has 36 heavy (non-hydrogen) atoms. The molecule has 4 aromatic rings. The van der Waals surface area contributed by atoms with Crippen molar-refractivity contribution in [3.63, 3.8) is 0 Å². The highest BCUT2D eigenvalue weighted by molar-refractivity contribution is 7.12. The number of benzene rings is 1. The molecule has 13 heteroatoms. The molecular weight excluding hydrogens is 486 g/mol. The quantitative estimate of drug-likeness (QED) is 0.278. The number of rotatable bonds is 7. The van der Waals surface area contributed by atoms with Gasteiger partial charge in [-0.05, 0) is 11.4 Å². The van der Waals surface area contributed by atoms with Crippen LogP contribution in [0.15, 0.2) is 48.2 Å². The molecule has 1 saturated heterocycles. The van der Waals surface area contributed by atoms with Crippen molar-refractivity contribution in [2.24, 2.45) is 0 Å². The number of nitro benzene ring substituents is 1. The van der Waals surface area contributed by atoms with Gasteiger partial charge in [0.15, 0.2) is 5.75 Å². The van der Waals surface area contributed by atoms with Gasteiger partial charge in [-0.25, -0.2) is 9.97 Å². The van der Waals surface area contributed by atoms with Crippen LogP contribution in [0.4, 0.5) is 23.0 Å². The molecule has 4 heterocycles. The molecule has 1 aliphatic heterocycles. The first-order valence-electron chi connectivity index (χ1n) is 10.7. The van der Waals surface area contributed by atoms with Crippen molar-refractivity contribution in [1.82, 2.24) is 15.0 Å². The highest BCUT2D eigenvalue weighted by Crippen LogP contribution is 2.37. The van der Waals surface area contributed by atoms with Crippen LogP contribution in [0, 0.1) is 21.4 Å². The Balaban J connectivity index is 1.45. The monoisotopic (exact) mass is 503 g/mol. The number of nitro groups is 1. The van der Waals surface area contributed by atoms with Crippen LogP contribution in [0.3, 0.4) is 0 Å². The van der Waals surface area contributed by atoms with E-state index in [0.717, 1.165) is 0 Å². The van der Waals surface area contributed by atoms with E-state index >= 15 is 0 Å². The molecule has 0 saturated carbocycles. The molecule has 0 bridgehead atoms. The molecular formula is C23H17N7O5S. The Kier molecular flexibility index (Phi) is 6.35. The first kappa shape index (κ1) is 23.1. The van der Waals surface area contributed by atoms with E-state index in [0.29, 0.717) is 46.8 Å². The number of amides is 1. The van der Waals surface area contributed by atoms with E-state index in [1.807, 2.05) is 6.07 Å². The van der Waals surface area contributed by atoms with Crippen LogP contribution < -0.4 is 15.4 Å². The van der Waals surface area contributed by atoms with Crippen molar-refractivity contribution in [3.05, 3.63) is 68.8 Å². The number of aromatic nitrogens is 3. The molecule has 12 nitrogen and oxygen atoms in total. The van der Waals surface area contributed by atoms with E-state index in [4.69, 9.17) is 9.47 Å². The third kappa shape index (κ3) is 4.76. The summed E-state index contributed by atoms with van der Waals surface area (Å²) in [6.07, 6.45) is 4.57. The predicted molar refractivity (Wildman–Crippen MR) is 131 cm³/mol. The lowest BCUT2D eigenvalue weighted by Gasteiger charge is -2.15. The maximum Gasteiger partial charge on any atom is 0.311 e. The van der Waals surface area contributed by atoms with Gasteiger partial charge in [-0.15, -0.1) is 11.3 Å². The third-order valence-electron chi connectivity index (χ3n) is 5.34. The summed E-state index contributed by atoms with van der Waals surface area (Å²) in [5.41, 5.74) is 1.03. The topological polar surface area (TPSA) is 165 Å². The van der Waals surface area contributed by atoms with Gasteiger partial charge in [-0.1, -0.05) is 6.07 Å². The number of thiophene rings is 1. The average molecular weight is 504 g/mol. The number of nitriles is 1. The second kappa shape index (κ2) is 9.90. The second-order valence-electron chi connectivity index (χ2n) is 7.71. The second-order valence-corrected chi connectivity index (χ2v) is 8.66. The number of fused-ring (bicyclic) bond motifs is 1. The Morgan fingerprint density at radius 1 is 1.28 bits per heavy atom. The molecule has 1 unspecified atom stereocenters. The van der Waals surface area contributed by atoms with Gasteiger partial charge in [0.05, 0.1) is 57.9 Å². The number of pyridine rings is 1. The van der Waals surface area contributed by atoms with Crippen molar-refractivity contribution in [2.45, 2.75) is 12.5 Å². The summed E-state index contributed by atoms with van der Waals surface area (Å²) in [6, 6.07) is 8.31. The summed E-state index contributed by atoms with van der Waals surface area (Å²) in [4.78, 5) is 36.5. The minimum absolute atomic E-state index is 0.0836. The van der Waals surface area contributed by atoms with E-state index in [1.54, 1.807) is 17.5 Å². The van der Waals surface area contributed by atoms with Crippen LogP contribution in [-0.4, -0.2) is 45.1 Å². The van der Waals surface area contributed by atoms with Gasteiger partial charge in [0.2, 0.25) is 5.95 Å². The number of carbonyl (C=O) groups is 1. The minimum atomic E-state index is -0.540. The van der Waals surface area contributed by atoms with Gasteiger partial charge >= 0.3 is 5.69 Å². The van der Waals surface area contributed by atoms with Crippen LogP contribution in [0.1, 0.15) is 21.7 Å². The number of hydrogen-bond donors (Lipinski definition) is 2. The fourth-order valence-corrected chi connectivity index (χ4v) is 4.24. The Hall–Kier alpha value is -4.67. The Morgan fingerprint density at radius 3 is 2.78 bits per heavy atom. The smallest absolute Gasteiger partial charge is 0.311 e. The number of anilines is 3. The van der Waals surface area contributed by atoms with Gasteiger partial charge in [0.25, 0.3) is 5.91 Å². The van der Waals surface area contributed by atoms with Gasteiger partial charge < -0.3 is 14.8 Å². The fourth-order valence-electron chi connectivity index (χ4n) is 3.62. The predicted octanol–water partition coefficient (Wildman–Crippen LogP) is 4.03. The van der Waals surface area contributed by atoms with Crippen LogP contribution >= 0.6 is 11.3 Å². The molecule has 1 fully saturated rings. The van der Waals surface area contributed by atoms with Crippen LogP contribution in [0.5, 0.6) is 5.75 Å². The van der Waals surface area contributed by atoms with Gasteiger partial charge in [-0.3, -0.25) is 25.2 Å². The lowest BCUT2D eigenvalue weighted by atomic mass is 10.1. The molecule has 5 rings (SSSR count). The first-order chi connectivity index (χ1) is 17.5. The summed E-state index contributed by atoms with van der Waals surface area (Å²) < 4.78 is 11.1. The SMILES string of the molecule is N#Cc1cnc2cc(OC3CCOC3)c([N+](=O)[O-])cc2c1Nc1cnc(NC(=O)c2cccs2)nc1. The van der Waals surface area contributed by atoms with E-state index in [-0.39, 0.29) is 35.0 Å². The largest absolute Gasteiger partial charge is 0.481 e. The normalized spacial score (nSPS) is 14.8. The first-order valence-corrected chi connectivity index (χ1v) is 11.6. The lowest BCUT2D eigenvalue weighted by Crippen LogP contribution is -2.16. The Morgan fingerprint density at radius 2 is 2.11 bits per heavy atom. The maximum atomic E-state index is 12.2. The number of nitrogens with one attached hydrogen (secondary N) is 2. The standard InChI is InChI=1S/C23H17N7O5S/c24-8-13-9-25-17-7-19(35-15-3-4-34-12-15)18(30(32)33)6-16(17)21(13)28-14-10-26-23(27-11-14)29-22(31)20-2-1-5-36-20/h1-2,5-7,9-11,15H,3-4,12H2,(H,25,28)(H,26,27,29,31). The summed E-state index contributed by atoms with van der Waals surface area (Å²) in [6.45, 7) is 0.884. The van der Waals surface area contributed by atoms with Crippen molar-refractivity contribution >= 4 is 51.2 Å². The van der Waals surface area contributed by atoms with Gasteiger partial charge in [0.1, 0.15) is 12.2 Å². The zero-order chi connectivity index (χ0) is 25.1. The van der Waals surface area contributed by atoms with Gasteiger partial charge in [0, 0.05) is 30.1 Å². The zero-order valence-corrected chi connectivity index (χ0v) is 19.3. The number of ether oxygens (including phenoxy) is 2. The molecule has 1 atom stereocenters. The van der Waals surface area contributed by atoms with E-state index in [2.05, 4.69) is 25.6 Å². The van der Waals surface area contributed by atoms with Crippen LogP contribution in [-0.2, 0) is 4.74 Å². The molecule has 0 aliphatic carbocycles. The Bertz CT molecular complexity index is 1480. The van der Waals surface area contributed by atoms with Crippen molar-refractivity contribution in [2.75, 3.05) is 23.8 Å². The van der Waals surface area contributed by atoms with Crippen LogP contribution in [0.2, 0.25) is 0 Å². The van der Waals surface area contributed by atoms with Crippen molar-refractivity contribution in [1.29, 1.82) is 5.26 Å².